The molecule has 0 radical (unpaired) electrons. The lowest BCUT2D eigenvalue weighted by Crippen LogP contribution is -2.29. The maximum atomic E-state index is 13.2. The summed E-state index contributed by atoms with van der Waals surface area (Å²) in [4.78, 5) is 13.2. The molecule has 1 aliphatic carbocycles. The summed E-state index contributed by atoms with van der Waals surface area (Å²) in [5, 5.41) is 10.4. The zero-order valence-corrected chi connectivity index (χ0v) is 17.2. The number of nitrogens with two attached hydrogens (primary N) is 1. The number of carbonyl (C=O) groups is 1. The maximum Gasteiger partial charge on any atom is 0.205 e. The second kappa shape index (κ2) is 7.59. The van der Waals surface area contributed by atoms with Crippen molar-refractivity contribution < 1.29 is 9.53 Å². The lowest BCUT2D eigenvalue weighted by molar-refractivity contribution is -0.117. The number of aryl methyl sites for hydroxylation is 1. The first-order chi connectivity index (χ1) is 13.9. The molecule has 4 nitrogen and oxygen atoms in total. The minimum absolute atomic E-state index is 0.00717. The highest BCUT2D eigenvalue weighted by Crippen LogP contribution is 2.47. The summed E-state index contributed by atoms with van der Waals surface area (Å²) in [6.07, 6.45) is 0.892. The van der Waals surface area contributed by atoms with Gasteiger partial charge in [-0.3, -0.25) is 4.79 Å². The third-order valence-electron chi connectivity index (χ3n) is 5.49. The molecular formula is C23H18Cl2N2O2. The van der Waals surface area contributed by atoms with Crippen LogP contribution in [0.4, 0.5) is 0 Å². The highest BCUT2D eigenvalue weighted by atomic mass is 35.5. The topological polar surface area (TPSA) is 76.1 Å². The highest BCUT2D eigenvalue weighted by molar-refractivity contribution is 6.42. The van der Waals surface area contributed by atoms with Gasteiger partial charge in [0.25, 0.3) is 0 Å². The average molecular weight is 425 g/mol. The van der Waals surface area contributed by atoms with Crippen LogP contribution in [0.15, 0.2) is 65.3 Å². The molecule has 2 aromatic carbocycles. The molecule has 0 fully saturated rings. The number of allylic oxidation sites excluding steroid dienone is 3. The Bertz CT molecular complexity index is 1110. The van der Waals surface area contributed by atoms with Crippen LogP contribution in [0.3, 0.4) is 0 Å². The quantitative estimate of drug-likeness (QED) is 0.689. The lowest BCUT2D eigenvalue weighted by Gasteiger charge is -2.34. The highest BCUT2D eigenvalue weighted by Gasteiger charge is 2.41. The fraction of sp³-hybridized carbons (Fsp3) is 0.217. The van der Waals surface area contributed by atoms with E-state index in [9.17, 15) is 10.1 Å². The normalized spacial score (nSPS) is 21.5. The van der Waals surface area contributed by atoms with Gasteiger partial charge in [-0.2, -0.15) is 5.26 Å². The number of benzene rings is 2. The fourth-order valence-corrected chi connectivity index (χ4v) is 4.31. The van der Waals surface area contributed by atoms with Crippen LogP contribution >= 0.6 is 23.2 Å². The minimum atomic E-state index is -0.606. The van der Waals surface area contributed by atoms with E-state index in [0.717, 1.165) is 11.1 Å². The van der Waals surface area contributed by atoms with Gasteiger partial charge in [-0.25, -0.2) is 0 Å². The summed E-state index contributed by atoms with van der Waals surface area (Å²) in [6, 6.07) is 15.3. The van der Waals surface area contributed by atoms with Crippen molar-refractivity contribution in [2.45, 2.75) is 31.6 Å². The first-order valence-corrected chi connectivity index (χ1v) is 10.00. The van der Waals surface area contributed by atoms with Gasteiger partial charge in [0.1, 0.15) is 17.4 Å². The molecule has 0 amide bonds. The monoisotopic (exact) mass is 424 g/mol. The zero-order chi connectivity index (χ0) is 20.7. The molecular weight excluding hydrogens is 407 g/mol. The molecule has 0 saturated carbocycles. The average Bonchev–Trinajstić information content (AvgIpc) is 2.69. The van der Waals surface area contributed by atoms with E-state index in [1.54, 1.807) is 18.2 Å². The summed E-state index contributed by atoms with van der Waals surface area (Å²) < 4.78 is 5.78. The van der Waals surface area contributed by atoms with Crippen LogP contribution in [-0.4, -0.2) is 5.78 Å². The van der Waals surface area contributed by atoms with Gasteiger partial charge in [-0.05, 0) is 36.1 Å². The van der Waals surface area contributed by atoms with Gasteiger partial charge in [0.05, 0.1) is 16.0 Å². The van der Waals surface area contributed by atoms with E-state index in [0.29, 0.717) is 39.8 Å². The van der Waals surface area contributed by atoms with Crippen molar-refractivity contribution >= 4 is 29.0 Å². The van der Waals surface area contributed by atoms with Crippen molar-refractivity contribution in [2.75, 3.05) is 0 Å². The van der Waals surface area contributed by atoms with Crippen LogP contribution in [0, 0.1) is 18.3 Å². The Morgan fingerprint density at radius 1 is 1.07 bits per heavy atom. The molecule has 0 spiro atoms. The van der Waals surface area contributed by atoms with Crippen molar-refractivity contribution in [3.8, 4) is 6.07 Å². The van der Waals surface area contributed by atoms with Gasteiger partial charge < -0.3 is 10.5 Å². The van der Waals surface area contributed by atoms with Gasteiger partial charge in [-0.15, -0.1) is 0 Å². The molecule has 2 N–H and O–H groups in total. The van der Waals surface area contributed by atoms with Crippen molar-refractivity contribution in [2.24, 2.45) is 5.73 Å². The van der Waals surface area contributed by atoms with Gasteiger partial charge >= 0.3 is 0 Å². The summed E-state index contributed by atoms with van der Waals surface area (Å²) in [5.74, 6) is -0.0926. The molecule has 0 unspecified atom stereocenters. The minimum Gasteiger partial charge on any atom is -0.444 e. The SMILES string of the molecule is Cc1ccc([C@H]2CC(=O)C3=C(C2)OC(N)=C(C#N)[C@H]3c2ccc(Cl)c(Cl)c2)cc1. The van der Waals surface area contributed by atoms with Gasteiger partial charge in [0, 0.05) is 18.4 Å². The number of ketones is 1. The maximum absolute atomic E-state index is 13.2. The van der Waals surface area contributed by atoms with Crippen molar-refractivity contribution in [3.05, 3.63) is 92.0 Å². The lowest BCUT2D eigenvalue weighted by atomic mass is 9.73. The molecule has 4 rings (SSSR count). The molecule has 2 aromatic rings. The van der Waals surface area contributed by atoms with Crippen molar-refractivity contribution in [3.63, 3.8) is 0 Å². The molecule has 0 aromatic heterocycles. The molecule has 0 bridgehead atoms. The molecule has 1 heterocycles. The standard InChI is InChI=1S/C23H18Cl2N2O2/c1-12-2-4-13(5-3-12)15-9-19(28)22-20(10-15)29-23(27)16(11-26)21(22)14-6-7-17(24)18(25)8-14/h2-8,15,21H,9-10,27H2,1H3/t15-,21+/m0/s1. The number of hydrogen-bond donors (Lipinski definition) is 1. The number of nitriles is 1. The Balaban J connectivity index is 1.79. The Labute approximate surface area is 179 Å². The molecule has 2 atom stereocenters. The smallest absolute Gasteiger partial charge is 0.205 e. The predicted molar refractivity (Wildman–Crippen MR) is 112 cm³/mol. The Kier molecular flexibility index (Phi) is 5.12. The number of rotatable bonds is 2. The van der Waals surface area contributed by atoms with Crippen LogP contribution in [0.25, 0.3) is 0 Å². The molecule has 2 aliphatic rings. The van der Waals surface area contributed by atoms with E-state index in [1.807, 2.05) is 31.2 Å². The van der Waals surface area contributed by atoms with E-state index in [-0.39, 0.29) is 23.2 Å². The first-order valence-electron chi connectivity index (χ1n) is 9.24. The van der Waals surface area contributed by atoms with Crippen LogP contribution in [0.1, 0.15) is 41.4 Å². The van der Waals surface area contributed by atoms with Crippen LogP contribution in [0.5, 0.6) is 0 Å². The summed E-state index contributed by atoms with van der Waals surface area (Å²) in [7, 11) is 0. The second-order valence-electron chi connectivity index (χ2n) is 7.37. The van der Waals surface area contributed by atoms with E-state index in [2.05, 4.69) is 6.07 Å². The third kappa shape index (κ3) is 3.53. The fourth-order valence-electron chi connectivity index (χ4n) is 4.01. The number of nitrogens with zero attached hydrogens (tertiary/aromatic N) is 1. The van der Waals surface area contributed by atoms with Gasteiger partial charge in [0.15, 0.2) is 5.78 Å². The predicted octanol–water partition coefficient (Wildman–Crippen LogP) is 5.51. The summed E-state index contributed by atoms with van der Waals surface area (Å²) in [6.45, 7) is 2.03. The van der Waals surface area contributed by atoms with Gasteiger partial charge in [0.2, 0.25) is 5.88 Å². The second-order valence-corrected chi connectivity index (χ2v) is 8.19. The van der Waals surface area contributed by atoms with Crippen LogP contribution < -0.4 is 5.73 Å². The molecule has 0 saturated heterocycles. The van der Waals surface area contributed by atoms with E-state index in [4.69, 9.17) is 33.7 Å². The van der Waals surface area contributed by atoms with E-state index < -0.39 is 5.92 Å². The number of halogens is 2. The summed E-state index contributed by atoms with van der Waals surface area (Å²) >= 11 is 12.2. The van der Waals surface area contributed by atoms with E-state index >= 15 is 0 Å². The molecule has 6 heteroatoms. The third-order valence-corrected chi connectivity index (χ3v) is 6.23. The van der Waals surface area contributed by atoms with Crippen molar-refractivity contribution in [1.82, 2.24) is 0 Å². The van der Waals surface area contributed by atoms with Crippen LogP contribution in [0.2, 0.25) is 10.0 Å². The Morgan fingerprint density at radius 3 is 2.41 bits per heavy atom. The molecule has 146 valence electrons. The van der Waals surface area contributed by atoms with Crippen LogP contribution in [-0.2, 0) is 9.53 Å². The number of Topliss-reactive ketones (excluding diaryl/α,β-unsaturated/α-hetero) is 1. The number of hydrogen-bond acceptors (Lipinski definition) is 4. The summed E-state index contributed by atoms with van der Waals surface area (Å²) in [5.41, 5.74) is 9.70. The number of carbonyl (C=O) groups excluding carboxylic acids is 1. The number of ether oxygens (including phenoxy) is 1. The van der Waals surface area contributed by atoms with Crippen molar-refractivity contribution in [1.29, 1.82) is 5.26 Å². The molecule has 29 heavy (non-hydrogen) atoms. The zero-order valence-electron chi connectivity index (χ0n) is 15.7. The van der Waals surface area contributed by atoms with E-state index in [1.165, 1.54) is 0 Å². The molecule has 1 aliphatic heterocycles. The first kappa shape index (κ1) is 19.6. The Hall–Kier alpha value is -2.74. The Morgan fingerprint density at radius 2 is 1.76 bits per heavy atom. The largest absolute Gasteiger partial charge is 0.444 e. The van der Waals surface area contributed by atoms with Gasteiger partial charge in [-0.1, -0.05) is 59.1 Å².